The summed E-state index contributed by atoms with van der Waals surface area (Å²) in [7, 11) is -0.840. The van der Waals surface area contributed by atoms with Crippen molar-refractivity contribution in [2.24, 2.45) is 0 Å². The third-order valence-electron chi connectivity index (χ3n) is 4.42. The van der Waals surface area contributed by atoms with E-state index in [1.165, 1.54) is 30.7 Å². The highest BCUT2D eigenvalue weighted by Gasteiger charge is 2.31. The molecule has 0 saturated carbocycles. The van der Waals surface area contributed by atoms with Gasteiger partial charge in [-0.15, -0.1) is 0 Å². The Morgan fingerprint density at radius 3 is 2.27 bits per heavy atom. The lowest BCUT2D eigenvalue weighted by atomic mass is 10.2. The van der Waals surface area contributed by atoms with Crippen LogP contribution in [0, 0.1) is 5.82 Å². The molecule has 3 rings (SSSR count). The number of piperazine rings is 1. The predicted octanol–water partition coefficient (Wildman–Crippen LogP) is 2.35. The van der Waals surface area contributed by atoms with E-state index in [1.54, 1.807) is 30.3 Å². The first kappa shape index (κ1) is 18.5. The van der Waals surface area contributed by atoms with Crippen LogP contribution in [-0.2, 0) is 10.0 Å². The van der Waals surface area contributed by atoms with E-state index >= 15 is 0 Å². The van der Waals surface area contributed by atoms with Crippen molar-refractivity contribution in [3.63, 3.8) is 0 Å². The van der Waals surface area contributed by atoms with Crippen LogP contribution in [0.3, 0.4) is 0 Å². The van der Waals surface area contributed by atoms with Gasteiger partial charge >= 0.3 is 0 Å². The molecule has 0 spiro atoms. The fourth-order valence-electron chi connectivity index (χ4n) is 3.00. The summed E-state index contributed by atoms with van der Waals surface area (Å²) in [6.45, 7) is 1.34. The van der Waals surface area contributed by atoms with Crippen LogP contribution < -0.4 is 14.4 Å². The van der Waals surface area contributed by atoms with Gasteiger partial charge in [0.2, 0.25) is 10.0 Å². The number of para-hydroxylation sites is 1. The van der Waals surface area contributed by atoms with Crippen molar-refractivity contribution < 1.29 is 22.3 Å². The highest BCUT2D eigenvalue weighted by atomic mass is 32.2. The number of anilines is 1. The van der Waals surface area contributed by atoms with E-state index in [4.69, 9.17) is 9.47 Å². The van der Waals surface area contributed by atoms with E-state index in [0.29, 0.717) is 24.5 Å². The molecule has 1 aliphatic rings. The minimum absolute atomic E-state index is 0.0682. The lowest BCUT2D eigenvalue weighted by molar-refractivity contribution is 0.370. The molecule has 6 nitrogen and oxygen atoms in total. The molecule has 26 heavy (non-hydrogen) atoms. The zero-order chi connectivity index (χ0) is 18.7. The monoisotopic (exact) mass is 380 g/mol. The van der Waals surface area contributed by atoms with E-state index in [9.17, 15) is 12.8 Å². The van der Waals surface area contributed by atoms with Crippen molar-refractivity contribution in [1.29, 1.82) is 0 Å². The fourth-order valence-corrected chi connectivity index (χ4v) is 4.60. The summed E-state index contributed by atoms with van der Waals surface area (Å²) in [5, 5.41) is 0. The van der Waals surface area contributed by atoms with Gasteiger partial charge in [0.05, 0.1) is 19.9 Å². The van der Waals surface area contributed by atoms with Crippen LogP contribution in [0.2, 0.25) is 0 Å². The molecule has 1 saturated heterocycles. The number of methoxy groups -OCH3 is 2. The molecule has 140 valence electrons. The number of hydrogen-bond donors (Lipinski definition) is 0. The molecule has 0 unspecified atom stereocenters. The highest BCUT2D eigenvalue weighted by molar-refractivity contribution is 7.89. The molecular formula is C18H21FN2O4S. The van der Waals surface area contributed by atoms with Crippen LogP contribution in [-0.4, -0.2) is 53.1 Å². The van der Waals surface area contributed by atoms with Crippen molar-refractivity contribution in [2.45, 2.75) is 4.90 Å². The zero-order valence-electron chi connectivity index (χ0n) is 14.7. The molecule has 0 amide bonds. The van der Waals surface area contributed by atoms with Crippen LogP contribution in [0.25, 0.3) is 0 Å². The second kappa shape index (κ2) is 7.51. The third kappa shape index (κ3) is 3.47. The quantitative estimate of drug-likeness (QED) is 0.797. The Morgan fingerprint density at radius 1 is 0.962 bits per heavy atom. The number of rotatable bonds is 5. The first-order valence-electron chi connectivity index (χ1n) is 8.19. The maximum atomic E-state index is 13.9. The molecule has 1 heterocycles. The van der Waals surface area contributed by atoms with Gasteiger partial charge in [-0.05, 0) is 24.3 Å². The van der Waals surface area contributed by atoms with Gasteiger partial charge in [0.15, 0.2) is 0 Å². The number of sulfonamides is 1. The lowest BCUT2D eigenvalue weighted by Crippen LogP contribution is -2.49. The summed E-state index contributed by atoms with van der Waals surface area (Å²) in [6, 6.07) is 11.2. The second-order valence-electron chi connectivity index (χ2n) is 5.86. The summed E-state index contributed by atoms with van der Waals surface area (Å²) in [4.78, 5) is 1.92. The predicted molar refractivity (Wildman–Crippen MR) is 96.9 cm³/mol. The number of benzene rings is 2. The van der Waals surface area contributed by atoms with Crippen molar-refractivity contribution in [2.75, 3.05) is 45.3 Å². The fraction of sp³-hybridized carbons (Fsp3) is 0.333. The van der Waals surface area contributed by atoms with Gasteiger partial charge in [-0.25, -0.2) is 12.8 Å². The first-order valence-corrected chi connectivity index (χ1v) is 9.63. The minimum Gasteiger partial charge on any atom is -0.497 e. The van der Waals surface area contributed by atoms with Crippen LogP contribution in [0.1, 0.15) is 0 Å². The number of ether oxygens (including phenoxy) is 2. The Hall–Kier alpha value is -2.32. The molecule has 2 aromatic rings. The SMILES string of the molecule is COc1ccc(OC)c(S(=O)(=O)N2CCN(c3ccccc3F)CC2)c1. The maximum absolute atomic E-state index is 13.9. The lowest BCUT2D eigenvalue weighted by Gasteiger charge is -2.35. The van der Waals surface area contributed by atoms with E-state index in [2.05, 4.69) is 0 Å². The zero-order valence-corrected chi connectivity index (χ0v) is 15.5. The van der Waals surface area contributed by atoms with Crippen molar-refractivity contribution in [3.05, 3.63) is 48.3 Å². The molecule has 0 aromatic heterocycles. The number of nitrogens with zero attached hydrogens (tertiary/aromatic N) is 2. The normalized spacial score (nSPS) is 15.7. The standard InChI is InChI=1S/C18H21FN2O4S/c1-24-14-7-8-17(25-2)18(13-14)26(22,23)21-11-9-20(10-12-21)16-6-4-3-5-15(16)19/h3-8,13H,9-12H2,1-2H3. The largest absolute Gasteiger partial charge is 0.497 e. The summed E-state index contributed by atoms with van der Waals surface area (Å²) in [5.41, 5.74) is 0.489. The summed E-state index contributed by atoms with van der Waals surface area (Å²) in [5.74, 6) is 0.398. The van der Waals surface area contributed by atoms with E-state index in [0.717, 1.165) is 0 Å². The van der Waals surface area contributed by atoms with E-state index < -0.39 is 10.0 Å². The third-order valence-corrected chi connectivity index (χ3v) is 6.34. The summed E-state index contributed by atoms with van der Waals surface area (Å²) >= 11 is 0. The average molecular weight is 380 g/mol. The van der Waals surface area contributed by atoms with Gasteiger partial charge in [-0.2, -0.15) is 4.31 Å². The van der Waals surface area contributed by atoms with Gasteiger partial charge in [0.1, 0.15) is 22.2 Å². The van der Waals surface area contributed by atoms with Crippen molar-refractivity contribution >= 4 is 15.7 Å². The molecule has 0 bridgehead atoms. The van der Waals surface area contributed by atoms with E-state index in [-0.39, 0.29) is 29.6 Å². The molecule has 2 aromatic carbocycles. The van der Waals surface area contributed by atoms with Gasteiger partial charge in [0, 0.05) is 32.2 Å². The summed E-state index contributed by atoms with van der Waals surface area (Å²) < 4.78 is 51.8. The minimum atomic E-state index is -3.75. The molecule has 1 fully saturated rings. The molecule has 0 atom stereocenters. The Balaban J connectivity index is 1.81. The maximum Gasteiger partial charge on any atom is 0.247 e. The Morgan fingerprint density at radius 2 is 1.65 bits per heavy atom. The van der Waals surface area contributed by atoms with Crippen LogP contribution in [0.5, 0.6) is 11.5 Å². The van der Waals surface area contributed by atoms with Crippen LogP contribution in [0.15, 0.2) is 47.4 Å². The van der Waals surface area contributed by atoms with Crippen molar-refractivity contribution in [3.8, 4) is 11.5 Å². The Bertz CT molecular complexity index is 881. The van der Waals surface area contributed by atoms with Gasteiger partial charge in [-0.1, -0.05) is 12.1 Å². The molecule has 0 aliphatic carbocycles. The van der Waals surface area contributed by atoms with Gasteiger partial charge in [-0.3, -0.25) is 0 Å². The first-order chi connectivity index (χ1) is 12.5. The van der Waals surface area contributed by atoms with Crippen molar-refractivity contribution in [1.82, 2.24) is 4.31 Å². The van der Waals surface area contributed by atoms with Crippen LogP contribution in [0.4, 0.5) is 10.1 Å². The van der Waals surface area contributed by atoms with Gasteiger partial charge < -0.3 is 14.4 Å². The molecule has 1 aliphatic heterocycles. The number of halogens is 1. The molecule has 8 heteroatoms. The Kier molecular flexibility index (Phi) is 5.33. The Labute approximate surface area is 152 Å². The number of hydrogen-bond acceptors (Lipinski definition) is 5. The molecule has 0 radical (unpaired) electrons. The summed E-state index contributed by atoms with van der Waals surface area (Å²) in [6.07, 6.45) is 0. The highest BCUT2D eigenvalue weighted by Crippen LogP contribution is 2.31. The molecule has 0 N–H and O–H groups in total. The average Bonchev–Trinajstić information content (AvgIpc) is 2.68. The van der Waals surface area contributed by atoms with Gasteiger partial charge in [0.25, 0.3) is 0 Å². The second-order valence-corrected chi connectivity index (χ2v) is 7.77. The van der Waals surface area contributed by atoms with E-state index in [1.807, 2.05) is 4.90 Å². The molecular weight excluding hydrogens is 359 g/mol. The van der Waals surface area contributed by atoms with Crippen LogP contribution >= 0.6 is 0 Å². The smallest absolute Gasteiger partial charge is 0.247 e. The topological polar surface area (TPSA) is 59.1 Å².